The number of aromatic amines is 1. The molecular weight excluding hydrogens is 570 g/mol. The Hall–Kier alpha value is -4.37. The quantitative estimate of drug-likeness (QED) is 0.193. The molecule has 242 valence electrons. The molecular formula is C36H47N3O6. The highest BCUT2D eigenvalue weighted by molar-refractivity contribution is 5.87. The summed E-state index contributed by atoms with van der Waals surface area (Å²) >= 11 is 0. The van der Waals surface area contributed by atoms with E-state index in [1.54, 1.807) is 36.9 Å². The Morgan fingerprint density at radius 1 is 0.978 bits per heavy atom. The molecule has 9 nitrogen and oxygen atoms in total. The molecule has 0 saturated carbocycles. The van der Waals surface area contributed by atoms with E-state index in [1.807, 2.05) is 58.0 Å². The zero-order valence-electron chi connectivity index (χ0n) is 27.6. The van der Waals surface area contributed by atoms with Crippen molar-refractivity contribution in [1.29, 1.82) is 0 Å². The van der Waals surface area contributed by atoms with E-state index in [-0.39, 0.29) is 24.4 Å². The Bertz CT molecular complexity index is 1530. The monoisotopic (exact) mass is 617 g/mol. The van der Waals surface area contributed by atoms with Crippen molar-refractivity contribution in [3.63, 3.8) is 0 Å². The second kappa shape index (κ2) is 17.8. The molecule has 5 rings (SSSR count). The van der Waals surface area contributed by atoms with E-state index in [1.165, 1.54) is 5.56 Å². The average molecular weight is 618 g/mol. The maximum atomic E-state index is 12.4. The minimum Gasteiger partial charge on any atom is -0.488 e. The van der Waals surface area contributed by atoms with Crippen LogP contribution in [0.2, 0.25) is 0 Å². The summed E-state index contributed by atoms with van der Waals surface area (Å²) in [6.07, 6.45) is 4.30. The lowest BCUT2D eigenvalue weighted by atomic mass is 10.1. The Morgan fingerprint density at radius 2 is 1.69 bits per heavy atom. The molecule has 0 amide bonds. The second-order valence-corrected chi connectivity index (χ2v) is 10.6. The van der Waals surface area contributed by atoms with Crippen LogP contribution in [-0.2, 0) is 22.7 Å². The predicted octanol–water partition coefficient (Wildman–Crippen LogP) is 7.55. The third-order valence-electron chi connectivity index (χ3n) is 7.06. The number of benzene rings is 2. The van der Waals surface area contributed by atoms with Gasteiger partial charge in [-0.15, -0.1) is 0 Å². The van der Waals surface area contributed by atoms with Gasteiger partial charge in [0.2, 0.25) is 0 Å². The molecule has 0 spiro atoms. The molecule has 1 aliphatic heterocycles. The van der Waals surface area contributed by atoms with Crippen LogP contribution in [0.5, 0.6) is 11.5 Å². The van der Waals surface area contributed by atoms with Crippen LogP contribution in [0.3, 0.4) is 0 Å². The standard InChI is InChI=1S/C21H28N2O4.C13H13NO2.C2H6/c1-5-25-21(24)18-12-17(22-23(18)19-8-6-7-9-26-19)13-27-20-15(3)10-14(2)11-16(20)4;1-10-12(7-8-14-13(10)15)16-9-11-5-3-2-4-6-11;1-2/h10-12,19H,5-9,13H2,1-4H3;2-8H,9H2,1H3,(H,14,15);1-2H3. The SMILES string of the molecule is CC.CCOC(=O)c1cc(COc2c(C)cc(C)cc2C)nn1C1CCCCO1.Cc1c(OCc2ccccc2)cc[nH]c1=O. The average Bonchev–Trinajstić information content (AvgIpc) is 3.48. The van der Waals surface area contributed by atoms with Crippen molar-refractivity contribution in [2.45, 2.75) is 87.2 Å². The van der Waals surface area contributed by atoms with Crippen LogP contribution in [0, 0.1) is 27.7 Å². The maximum absolute atomic E-state index is 12.4. The molecule has 9 heteroatoms. The third kappa shape index (κ3) is 10.1. The summed E-state index contributed by atoms with van der Waals surface area (Å²) in [7, 11) is 0. The first-order valence-electron chi connectivity index (χ1n) is 15.7. The van der Waals surface area contributed by atoms with E-state index in [4.69, 9.17) is 18.9 Å². The molecule has 2 aromatic heterocycles. The molecule has 45 heavy (non-hydrogen) atoms. The van der Waals surface area contributed by atoms with E-state index in [2.05, 4.69) is 29.1 Å². The number of hydrogen-bond donors (Lipinski definition) is 1. The Balaban J connectivity index is 0.000000261. The molecule has 1 atom stereocenters. The Kier molecular flexibility index (Phi) is 13.9. The molecule has 1 N–H and O–H groups in total. The van der Waals surface area contributed by atoms with Crippen LogP contribution in [0.25, 0.3) is 0 Å². The number of nitrogens with one attached hydrogen (secondary N) is 1. The first-order valence-corrected chi connectivity index (χ1v) is 15.7. The number of carbonyl (C=O) groups excluding carboxylic acids is 1. The van der Waals surface area contributed by atoms with Crippen LogP contribution in [0.1, 0.15) is 90.3 Å². The summed E-state index contributed by atoms with van der Waals surface area (Å²) in [5.74, 6) is 1.11. The number of ether oxygens (including phenoxy) is 4. The number of aryl methyl sites for hydroxylation is 3. The Morgan fingerprint density at radius 3 is 2.33 bits per heavy atom. The van der Waals surface area contributed by atoms with Crippen molar-refractivity contribution in [3.8, 4) is 11.5 Å². The van der Waals surface area contributed by atoms with Gasteiger partial charge < -0.3 is 23.9 Å². The van der Waals surface area contributed by atoms with Gasteiger partial charge in [-0.2, -0.15) is 5.10 Å². The molecule has 1 aliphatic rings. The van der Waals surface area contributed by atoms with Gasteiger partial charge in [0.05, 0.1) is 12.2 Å². The fraction of sp³-hybridized carbons (Fsp3) is 0.417. The van der Waals surface area contributed by atoms with Crippen LogP contribution in [-0.4, -0.2) is 33.9 Å². The third-order valence-corrected chi connectivity index (χ3v) is 7.06. The van der Waals surface area contributed by atoms with Gasteiger partial charge in [0.25, 0.3) is 5.56 Å². The number of nitrogens with zero attached hydrogens (tertiary/aromatic N) is 2. The molecule has 1 saturated heterocycles. The normalized spacial score (nSPS) is 13.9. The molecule has 1 unspecified atom stereocenters. The number of esters is 1. The van der Waals surface area contributed by atoms with Crippen molar-refractivity contribution in [2.75, 3.05) is 13.2 Å². The number of pyridine rings is 1. The van der Waals surface area contributed by atoms with Crippen molar-refractivity contribution in [3.05, 3.63) is 110 Å². The minimum atomic E-state index is -0.381. The first kappa shape index (κ1) is 35.1. The van der Waals surface area contributed by atoms with Crippen LogP contribution in [0.4, 0.5) is 0 Å². The van der Waals surface area contributed by atoms with Gasteiger partial charge in [0.15, 0.2) is 6.23 Å². The van der Waals surface area contributed by atoms with E-state index < -0.39 is 0 Å². The zero-order valence-corrected chi connectivity index (χ0v) is 27.6. The second-order valence-electron chi connectivity index (χ2n) is 10.6. The van der Waals surface area contributed by atoms with Gasteiger partial charge >= 0.3 is 5.97 Å². The topological polar surface area (TPSA) is 105 Å². The summed E-state index contributed by atoms with van der Waals surface area (Å²) in [5, 5.41) is 4.59. The molecule has 0 radical (unpaired) electrons. The summed E-state index contributed by atoms with van der Waals surface area (Å²) in [5.41, 5.74) is 6.08. The first-order chi connectivity index (χ1) is 21.8. The Labute approximate surface area is 266 Å². The van der Waals surface area contributed by atoms with Crippen LogP contribution < -0.4 is 15.0 Å². The predicted molar refractivity (Wildman–Crippen MR) is 176 cm³/mol. The number of hydrogen-bond acceptors (Lipinski definition) is 7. The van der Waals surface area contributed by atoms with E-state index in [0.29, 0.717) is 42.5 Å². The smallest absolute Gasteiger partial charge is 0.356 e. The van der Waals surface area contributed by atoms with Gasteiger partial charge in [-0.25, -0.2) is 9.48 Å². The van der Waals surface area contributed by atoms with E-state index >= 15 is 0 Å². The summed E-state index contributed by atoms with van der Waals surface area (Å²) in [6, 6.07) is 17.6. The highest BCUT2D eigenvalue weighted by Crippen LogP contribution is 2.27. The summed E-state index contributed by atoms with van der Waals surface area (Å²) in [6.45, 7) is 15.5. The highest BCUT2D eigenvalue weighted by atomic mass is 16.5. The lowest BCUT2D eigenvalue weighted by Crippen LogP contribution is -2.23. The molecule has 0 bridgehead atoms. The number of aromatic nitrogens is 3. The van der Waals surface area contributed by atoms with Crippen LogP contribution in [0.15, 0.2) is 65.6 Å². The minimum absolute atomic E-state index is 0.106. The molecule has 1 fully saturated rings. The number of rotatable bonds is 9. The van der Waals surface area contributed by atoms with Gasteiger partial charge in [-0.3, -0.25) is 4.79 Å². The largest absolute Gasteiger partial charge is 0.488 e. The van der Waals surface area contributed by atoms with Crippen molar-refractivity contribution in [1.82, 2.24) is 14.8 Å². The molecule has 4 aromatic rings. The van der Waals surface area contributed by atoms with Gasteiger partial charge in [0.1, 0.15) is 36.1 Å². The lowest BCUT2D eigenvalue weighted by molar-refractivity contribution is -0.0420. The van der Waals surface area contributed by atoms with Gasteiger partial charge in [0, 0.05) is 12.8 Å². The summed E-state index contributed by atoms with van der Waals surface area (Å²) < 4.78 is 24.3. The maximum Gasteiger partial charge on any atom is 0.356 e. The van der Waals surface area contributed by atoms with Gasteiger partial charge in [-0.05, 0) is 82.7 Å². The fourth-order valence-corrected chi connectivity index (χ4v) is 4.98. The van der Waals surface area contributed by atoms with Crippen LogP contribution >= 0.6 is 0 Å². The van der Waals surface area contributed by atoms with E-state index in [9.17, 15) is 9.59 Å². The van der Waals surface area contributed by atoms with Crippen molar-refractivity contribution in [2.24, 2.45) is 0 Å². The fourth-order valence-electron chi connectivity index (χ4n) is 4.98. The summed E-state index contributed by atoms with van der Waals surface area (Å²) in [4.78, 5) is 26.3. The lowest BCUT2D eigenvalue weighted by Gasteiger charge is -2.24. The molecule has 0 aliphatic carbocycles. The van der Waals surface area contributed by atoms with Crippen molar-refractivity contribution < 1.29 is 23.7 Å². The zero-order chi connectivity index (χ0) is 32.8. The van der Waals surface area contributed by atoms with Gasteiger partial charge in [-0.1, -0.05) is 61.9 Å². The molecule has 3 heterocycles. The van der Waals surface area contributed by atoms with E-state index in [0.717, 1.165) is 41.7 Å². The van der Waals surface area contributed by atoms with Crippen molar-refractivity contribution >= 4 is 5.97 Å². The number of carbonyl (C=O) groups is 1. The number of H-pyrrole nitrogens is 1. The molecule has 2 aromatic carbocycles. The highest BCUT2D eigenvalue weighted by Gasteiger charge is 2.25.